The Morgan fingerprint density at radius 3 is 2.66 bits per heavy atom. The molecule has 0 radical (unpaired) electrons. The first-order chi connectivity index (χ1) is 14.1. The van der Waals surface area contributed by atoms with Gasteiger partial charge in [0.15, 0.2) is 0 Å². The summed E-state index contributed by atoms with van der Waals surface area (Å²) in [6.07, 6.45) is 6.24. The quantitative estimate of drug-likeness (QED) is 0.816. The van der Waals surface area contributed by atoms with Crippen LogP contribution >= 0.6 is 0 Å². The van der Waals surface area contributed by atoms with Crippen molar-refractivity contribution in [3.63, 3.8) is 0 Å². The van der Waals surface area contributed by atoms with Crippen LogP contribution < -0.4 is 10.2 Å². The predicted octanol–water partition coefficient (Wildman–Crippen LogP) is 4.76. The van der Waals surface area contributed by atoms with E-state index in [0.717, 1.165) is 34.6 Å². The first-order valence-corrected chi connectivity index (χ1v) is 10.5. The predicted molar refractivity (Wildman–Crippen MR) is 115 cm³/mol. The molecule has 5 nitrogen and oxygen atoms in total. The van der Waals surface area contributed by atoms with Crippen LogP contribution in [0.15, 0.2) is 42.5 Å². The Labute approximate surface area is 172 Å². The van der Waals surface area contributed by atoms with E-state index in [0.29, 0.717) is 12.5 Å². The minimum absolute atomic E-state index is 0.0507. The van der Waals surface area contributed by atoms with E-state index >= 15 is 0 Å². The average Bonchev–Trinajstić information content (AvgIpc) is 2.87. The average molecular weight is 392 g/mol. The van der Waals surface area contributed by atoms with Crippen LogP contribution in [0.3, 0.4) is 0 Å². The topological polar surface area (TPSA) is 58.6 Å². The molecule has 5 heteroatoms. The second-order valence-electron chi connectivity index (χ2n) is 8.11. The number of hydrogen-bond donors (Lipinski definition) is 1. The third-order valence-electron chi connectivity index (χ3n) is 5.84. The molecule has 0 atom stereocenters. The summed E-state index contributed by atoms with van der Waals surface area (Å²) >= 11 is 0. The van der Waals surface area contributed by atoms with Gasteiger partial charge < -0.3 is 15.0 Å². The summed E-state index contributed by atoms with van der Waals surface area (Å²) in [5.74, 6) is 0.539. The highest BCUT2D eigenvalue weighted by molar-refractivity contribution is 5.96. The molecule has 2 aromatic carbocycles. The van der Waals surface area contributed by atoms with Crippen molar-refractivity contribution in [3.8, 4) is 11.1 Å². The fraction of sp³-hybridized carbons (Fsp3) is 0.417. The molecule has 1 aliphatic carbocycles. The molecule has 29 heavy (non-hydrogen) atoms. The summed E-state index contributed by atoms with van der Waals surface area (Å²) in [6, 6.07) is 14.0. The van der Waals surface area contributed by atoms with Gasteiger partial charge in [0.05, 0.1) is 6.61 Å². The smallest absolute Gasteiger partial charge is 0.253 e. The molecule has 1 N–H and O–H groups in total. The standard InChI is InChI=1S/C24H28N2O3/c1-17(27)25-22-9-5-8-19(13-22)20-10-11-23-21(12-20)15-29-16-24(28)26(23)14-18-6-3-2-4-7-18/h5,8-13,18H,2-4,6-7,14-16H2,1H3,(H,25,27). The van der Waals surface area contributed by atoms with E-state index in [-0.39, 0.29) is 18.4 Å². The van der Waals surface area contributed by atoms with Crippen molar-refractivity contribution >= 4 is 23.2 Å². The van der Waals surface area contributed by atoms with Crippen molar-refractivity contribution in [2.24, 2.45) is 5.92 Å². The maximum Gasteiger partial charge on any atom is 0.253 e. The number of nitrogens with one attached hydrogen (secondary N) is 1. The van der Waals surface area contributed by atoms with Crippen molar-refractivity contribution in [3.05, 3.63) is 48.0 Å². The maximum absolute atomic E-state index is 12.7. The number of fused-ring (bicyclic) bond motifs is 1. The van der Waals surface area contributed by atoms with Crippen molar-refractivity contribution in [1.82, 2.24) is 0 Å². The summed E-state index contributed by atoms with van der Waals surface area (Å²) < 4.78 is 5.67. The van der Waals surface area contributed by atoms with Gasteiger partial charge in [-0.1, -0.05) is 37.5 Å². The van der Waals surface area contributed by atoms with Crippen LogP contribution in [0, 0.1) is 5.92 Å². The highest BCUT2D eigenvalue weighted by atomic mass is 16.5. The monoisotopic (exact) mass is 392 g/mol. The fourth-order valence-corrected chi connectivity index (χ4v) is 4.41. The maximum atomic E-state index is 12.7. The number of amides is 2. The van der Waals surface area contributed by atoms with E-state index < -0.39 is 0 Å². The minimum Gasteiger partial charge on any atom is -0.367 e. The molecular formula is C24H28N2O3. The molecule has 1 fully saturated rings. The molecule has 0 saturated heterocycles. The van der Waals surface area contributed by atoms with Gasteiger partial charge in [-0.3, -0.25) is 9.59 Å². The normalized spacial score (nSPS) is 17.6. The lowest BCUT2D eigenvalue weighted by Gasteiger charge is -2.30. The summed E-state index contributed by atoms with van der Waals surface area (Å²) in [5.41, 5.74) is 4.85. The van der Waals surface area contributed by atoms with Gasteiger partial charge in [-0.15, -0.1) is 0 Å². The van der Waals surface area contributed by atoms with Gasteiger partial charge in [0.25, 0.3) is 5.91 Å². The van der Waals surface area contributed by atoms with Crippen LogP contribution in [0.1, 0.15) is 44.6 Å². The third-order valence-corrected chi connectivity index (χ3v) is 5.84. The first kappa shape index (κ1) is 19.6. The van der Waals surface area contributed by atoms with Gasteiger partial charge in [-0.25, -0.2) is 0 Å². The van der Waals surface area contributed by atoms with Gasteiger partial charge in [0.1, 0.15) is 6.61 Å². The Balaban J connectivity index is 1.62. The third kappa shape index (κ3) is 4.67. The zero-order valence-electron chi connectivity index (χ0n) is 16.9. The SMILES string of the molecule is CC(=O)Nc1cccc(-c2ccc3c(c2)COCC(=O)N3CC2CCCCC2)c1. The number of rotatable bonds is 4. The molecule has 4 rings (SSSR count). The first-order valence-electron chi connectivity index (χ1n) is 10.5. The molecule has 1 heterocycles. The van der Waals surface area contributed by atoms with Gasteiger partial charge >= 0.3 is 0 Å². The van der Waals surface area contributed by atoms with Crippen molar-refractivity contribution < 1.29 is 14.3 Å². The fourth-order valence-electron chi connectivity index (χ4n) is 4.41. The Morgan fingerprint density at radius 2 is 1.86 bits per heavy atom. The second kappa shape index (κ2) is 8.78. The number of ether oxygens (including phenoxy) is 1. The van der Waals surface area contributed by atoms with Gasteiger partial charge in [0.2, 0.25) is 5.91 Å². The van der Waals surface area contributed by atoms with Crippen molar-refractivity contribution in [1.29, 1.82) is 0 Å². The number of carbonyl (C=O) groups excluding carboxylic acids is 2. The molecule has 1 aliphatic heterocycles. The van der Waals surface area contributed by atoms with Crippen LogP contribution in [0.2, 0.25) is 0 Å². The molecule has 0 aromatic heterocycles. The summed E-state index contributed by atoms with van der Waals surface area (Å²) in [7, 11) is 0. The number of hydrogen-bond acceptors (Lipinski definition) is 3. The summed E-state index contributed by atoms with van der Waals surface area (Å²) in [6.45, 7) is 2.85. The molecule has 0 unspecified atom stereocenters. The highest BCUT2D eigenvalue weighted by Crippen LogP contribution is 2.33. The molecular weight excluding hydrogens is 364 g/mol. The Morgan fingerprint density at radius 1 is 1.07 bits per heavy atom. The van der Waals surface area contributed by atoms with E-state index in [2.05, 4.69) is 17.4 Å². The molecule has 1 saturated carbocycles. The Hall–Kier alpha value is -2.66. The van der Waals surface area contributed by atoms with Gasteiger partial charge in [-0.05, 0) is 54.2 Å². The van der Waals surface area contributed by atoms with Crippen LogP contribution in [0.25, 0.3) is 11.1 Å². The molecule has 152 valence electrons. The second-order valence-corrected chi connectivity index (χ2v) is 8.11. The molecule has 0 bridgehead atoms. The van der Waals surface area contributed by atoms with Crippen LogP contribution in [-0.4, -0.2) is 25.0 Å². The van der Waals surface area contributed by atoms with E-state index in [4.69, 9.17) is 4.74 Å². The molecule has 2 aromatic rings. The lowest BCUT2D eigenvalue weighted by Crippen LogP contribution is -2.37. The summed E-state index contributed by atoms with van der Waals surface area (Å²) in [5, 5.41) is 2.83. The highest BCUT2D eigenvalue weighted by Gasteiger charge is 2.26. The molecule has 0 spiro atoms. The van der Waals surface area contributed by atoms with E-state index in [9.17, 15) is 9.59 Å². The largest absolute Gasteiger partial charge is 0.367 e. The zero-order valence-corrected chi connectivity index (χ0v) is 16.9. The van der Waals surface area contributed by atoms with Gasteiger partial charge in [-0.2, -0.15) is 0 Å². The lowest BCUT2D eigenvalue weighted by atomic mass is 9.88. The van der Waals surface area contributed by atoms with Crippen molar-refractivity contribution in [2.45, 2.75) is 45.6 Å². The lowest BCUT2D eigenvalue weighted by molar-refractivity contribution is -0.123. The molecule has 2 amide bonds. The van der Waals surface area contributed by atoms with Crippen LogP contribution in [0.4, 0.5) is 11.4 Å². The number of nitrogens with zero attached hydrogens (tertiary/aromatic N) is 1. The number of benzene rings is 2. The summed E-state index contributed by atoms with van der Waals surface area (Å²) in [4.78, 5) is 26.0. The van der Waals surface area contributed by atoms with Crippen LogP contribution in [-0.2, 0) is 20.9 Å². The van der Waals surface area contributed by atoms with E-state index in [1.807, 2.05) is 35.2 Å². The number of anilines is 2. The van der Waals surface area contributed by atoms with Crippen LogP contribution in [0.5, 0.6) is 0 Å². The van der Waals surface area contributed by atoms with Crippen molar-refractivity contribution in [2.75, 3.05) is 23.4 Å². The molecule has 2 aliphatic rings. The minimum atomic E-state index is -0.0886. The van der Waals surface area contributed by atoms with Gasteiger partial charge in [0, 0.05) is 30.4 Å². The Kier molecular flexibility index (Phi) is 5.95. The Bertz CT molecular complexity index is 903. The van der Waals surface area contributed by atoms with E-state index in [1.54, 1.807) is 0 Å². The van der Waals surface area contributed by atoms with E-state index in [1.165, 1.54) is 39.0 Å². The number of carbonyl (C=O) groups is 2. The zero-order chi connectivity index (χ0) is 20.2.